The van der Waals surface area contributed by atoms with Crippen LogP contribution in [0.4, 0.5) is 0 Å². The Morgan fingerprint density at radius 2 is 2.44 bits per heavy atom. The van der Waals surface area contributed by atoms with Crippen LogP contribution in [0.1, 0.15) is 0 Å². The van der Waals surface area contributed by atoms with Crippen molar-refractivity contribution >= 4 is 18.3 Å². The fourth-order valence-electron chi connectivity index (χ4n) is 0.370. The molecule has 0 unspecified atom stereocenters. The minimum atomic E-state index is -0.595. The van der Waals surface area contributed by atoms with Crippen molar-refractivity contribution in [1.29, 1.82) is 0 Å². The molecule has 0 saturated carbocycles. The van der Waals surface area contributed by atoms with E-state index in [4.69, 9.17) is 5.73 Å². The lowest BCUT2D eigenvalue weighted by Crippen LogP contribution is -2.13. The molecule has 0 spiro atoms. The number of amides is 1. The Hall–Kier alpha value is -0.900. The van der Waals surface area contributed by atoms with Gasteiger partial charge in [-0.1, -0.05) is 0 Å². The molecule has 0 aromatic carbocycles. The first-order valence-electron chi connectivity index (χ1n) is 2.05. The zero-order chi connectivity index (χ0) is 5.98. The molecule has 0 atom stereocenters. The molecule has 9 heavy (non-hydrogen) atoms. The Labute approximate surface area is 58.0 Å². The highest BCUT2D eigenvalue weighted by atomic mass is 35.5. The number of ether oxygens (including phenoxy) is 2. The van der Waals surface area contributed by atoms with Crippen LogP contribution in [-0.4, -0.2) is 12.7 Å². The maximum atomic E-state index is 10.2. The largest absolute Gasteiger partial charge is 0.461 e. The van der Waals surface area contributed by atoms with Gasteiger partial charge in [-0.3, -0.25) is 4.79 Å². The number of hydrogen-bond donors (Lipinski definition) is 1. The van der Waals surface area contributed by atoms with E-state index in [9.17, 15) is 4.79 Å². The van der Waals surface area contributed by atoms with E-state index in [-0.39, 0.29) is 25.0 Å². The fourth-order valence-corrected chi connectivity index (χ4v) is 0.370. The number of primary amides is 1. The Bertz CT molecular complexity index is 145. The van der Waals surface area contributed by atoms with E-state index in [1.54, 1.807) is 0 Å². The van der Waals surface area contributed by atoms with E-state index in [1.807, 2.05) is 0 Å². The first-order chi connectivity index (χ1) is 3.80. The van der Waals surface area contributed by atoms with Gasteiger partial charge in [0.15, 0.2) is 0 Å². The van der Waals surface area contributed by atoms with Crippen molar-refractivity contribution in [2.75, 3.05) is 6.79 Å². The van der Waals surface area contributed by atoms with Crippen molar-refractivity contribution in [3.05, 3.63) is 12.0 Å². The van der Waals surface area contributed by atoms with Crippen molar-refractivity contribution < 1.29 is 14.3 Å². The monoisotopic (exact) mass is 151 g/mol. The molecule has 1 aliphatic rings. The van der Waals surface area contributed by atoms with E-state index in [1.165, 1.54) is 6.26 Å². The molecule has 52 valence electrons. The SMILES string of the molecule is Cl.NC(=O)C1=COCO1. The zero-order valence-electron chi connectivity index (χ0n) is 4.49. The Morgan fingerprint density at radius 3 is 2.67 bits per heavy atom. The average molecular weight is 152 g/mol. The number of hydrogen-bond acceptors (Lipinski definition) is 3. The minimum Gasteiger partial charge on any atom is -0.461 e. The standard InChI is InChI=1S/C4H5NO3.ClH/c5-4(6)3-1-7-2-8-3;/h1H,2H2,(H2,5,6);1H. The summed E-state index contributed by atoms with van der Waals surface area (Å²) in [5.74, 6) is -0.507. The van der Waals surface area contributed by atoms with Crippen molar-refractivity contribution in [1.82, 2.24) is 0 Å². The highest BCUT2D eigenvalue weighted by Crippen LogP contribution is 2.03. The summed E-state index contributed by atoms with van der Waals surface area (Å²) in [4.78, 5) is 10.2. The number of nitrogens with two attached hydrogens (primary N) is 1. The summed E-state index contributed by atoms with van der Waals surface area (Å²) in [5, 5.41) is 0. The summed E-state index contributed by atoms with van der Waals surface area (Å²) in [6.07, 6.45) is 1.20. The Morgan fingerprint density at radius 1 is 1.78 bits per heavy atom. The molecule has 0 aromatic heterocycles. The highest BCUT2D eigenvalue weighted by Gasteiger charge is 2.10. The van der Waals surface area contributed by atoms with Gasteiger partial charge in [0.25, 0.3) is 5.91 Å². The van der Waals surface area contributed by atoms with Gasteiger partial charge in [0.2, 0.25) is 12.6 Å². The molecule has 0 radical (unpaired) electrons. The molecule has 0 fully saturated rings. The lowest BCUT2D eigenvalue weighted by Gasteiger charge is -1.90. The van der Waals surface area contributed by atoms with Gasteiger partial charge in [-0.15, -0.1) is 12.4 Å². The van der Waals surface area contributed by atoms with E-state index in [0.29, 0.717) is 0 Å². The third-order valence-electron chi connectivity index (χ3n) is 0.716. The number of rotatable bonds is 1. The maximum Gasteiger partial charge on any atom is 0.287 e. The molecule has 1 rings (SSSR count). The van der Waals surface area contributed by atoms with Crippen LogP contribution in [0.5, 0.6) is 0 Å². The fraction of sp³-hybridized carbons (Fsp3) is 0.250. The smallest absolute Gasteiger partial charge is 0.287 e. The van der Waals surface area contributed by atoms with Crippen LogP contribution in [0.2, 0.25) is 0 Å². The third-order valence-corrected chi connectivity index (χ3v) is 0.716. The van der Waals surface area contributed by atoms with Gasteiger partial charge in [0.05, 0.1) is 0 Å². The second-order valence-electron chi connectivity index (χ2n) is 1.28. The van der Waals surface area contributed by atoms with Crippen LogP contribution >= 0.6 is 12.4 Å². The summed E-state index contributed by atoms with van der Waals surface area (Å²) in [5.41, 5.74) is 4.79. The molecule has 5 heteroatoms. The summed E-state index contributed by atoms with van der Waals surface area (Å²) in [6, 6.07) is 0. The molecule has 0 aliphatic carbocycles. The molecule has 0 bridgehead atoms. The van der Waals surface area contributed by atoms with Crippen molar-refractivity contribution in [2.45, 2.75) is 0 Å². The summed E-state index contributed by atoms with van der Waals surface area (Å²) >= 11 is 0. The summed E-state index contributed by atoms with van der Waals surface area (Å²) in [6.45, 7) is 0.0955. The van der Waals surface area contributed by atoms with Crippen LogP contribution < -0.4 is 5.73 Å². The number of carbonyl (C=O) groups is 1. The number of carbonyl (C=O) groups excluding carboxylic acids is 1. The molecule has 1 amide bonds. The van der Waals surface area contributed by atoms with Gasteiger partial charge in [-0.2, -0.15) is 0 Å². The van der Waals surface area contributed by atoms with Crippen molar-refractivity contribution in [3.63, 3.8) is 0 Å². The molecule has 1 heterocycles. The summed E-state index contributed by atoms with van der Waals surface area (Å²) in [7, 11) is 0. The van der Waals surface area contributed by atoms with Crippen LogP contribution in [-0.2, 0) is 14.3 Å². The van der Waals surface area contributed by atoms with Gasteiger partial charge in [-0.25, -0.2) is 0 Å². The first-order valence-corrected chi connectivity index (χ1v) is 2.05. The van der Waals surface area contributed by atoms with E-state index < -0.39 is 5.91 Å². The van der Waals surface area contributed by atoms with Crippen molar-refractivity contribution in [2.24, 2.45) is 5.73 Å². The van der Waals surface area contributed by atoms with Gasteiger partial charge in [0.1, 0.15) is 6.26 Å². The molecule has 4 nitrogen and oxygen atoms in total. The van der Waals surface area contributed by atoms with Crippen LogP contribution in [0.15, 0.2) is 12.0 Å². The maximum absolute atomic E-state index is 10.2. The second kappa shape index (κ2) is 3.19. The van der Waals surface area contributed by atoms with E-state index in [0.717, 1.165) is 0 Å². The average Bonchev–Trinajstić information content (AvgIpc) is 2.12. The Balaban J connectivity index is 0.000000640. The van der Waals surface area contributed by atoms with Gasteiger partial charge in [-0.05, 0) is 0 Å². The van der Waals surface area contributed by atoms with Crippen LogP contribution in [0.3, 0.4) is 0 Å². The highest BCUT2D eigenvalue weighted by molar-refractivity contribution is 5.89. The summed E-state index contributed by atoms with van der Waals surface area (Å²) < 4.78 is 9.11. The van der Waals surface area contributed by atoms with Crippen molar-refractivity contribution in [3.8, 4) is 0 Å². The molecular formula is C4H6ClNO3. The molecule has 0 aromatic rings. The molecule has 0 saturated heterocycles. The van der Waals surface area contributed by atoms with Gasteiger partial charge >= 0.3 is 0 Å². The third kappa shape index (κ3) is 1.81. The molecular weight excluding hydrogens is 146 g/mol. The topological polar surface area (TPSA) is 61.6 Å². The second-order valence-corrected chi connectivity index (χ2v) is 1.28. The van der Waals surface area contributed by atoms with E-state index in [2.05, 4.69) is 9.47 Å². The molecule has 2 N–H and O–H groups in total. The van der Waals surface area contributed by atoms with Gasteiger partial charge in [0, 0.05) is 0 Å². The first kappa shape index (κ1) is 8.10. The molecule has 1 aliphatic heterocycles. The van der Waals surface area contributed by atoms with E-state index >= 15 is 0 Å². The lowest BCUT2D eigenvalue weighted by molar-refractivity contribution is -0.117. The van der Waals surface area contributed by atoms with Gasteiger partial charge < -0.3 is 15.2 Å². The predicted molar refractivity (Wildman–Crippen MR) is 31.6 cm³/mol. The minimum absolute atomic E-state index is 0. The quantitative estimate of drug-likeness (QED) is 0.562. The predicted octanol–water partition coefficient (Wildman–Crippen LogP) is -0.261. The number of halogens is 1. The van der Waals surface area contributed by atoms with Crippen LogP contribution in [0, 0.1) is 0 Å². The zero-order valence-corrected chi connectivity index (χ0v) is 5.31. The Kier molecular flexibility index (Phi) is 2.87. The normalized spacial score (nSPS) is 14.4. The van der Waals surface area contributed by atoms with Crippen LogP contribution in [0.25, 0.3) is 0 Å². The lowest BCUT2D eigenvalue weighted by atomic mass is 10.5.